The van der Waals surface area contributed by atoms with Crippen LogP contribution in [0, 0.1) is 5.92 Å². The van der Waals surface area contributed by atoms with Gasteiger partial charge in [-0.2, -0.15) is 0 Å². The van der Waals surface area contributed by atoms with Crippen molar-refractivity contribution in [2.24, 2.45) is 5.92 Å². The highest BCUT2D eigenvalue weighted by molar-refractivity contribution is 9.13. The van der Waals surface area contributed by atoms with E-state index in [-0.39, 0.29) is 6.10 Å². The summed E-state index contributed by atoms with van der Waals surface area (Å²) >= 11 is 8.41. The maximum atomic E-state index is 9.90. The highest BCUT2D eigenvalue weighted by atomic mass is 79.9. The Morgan fingerprint density at radius 3 is 2.54 bits per heavy atom. The monoisotopic (exact) mass is 326 g/mol. The third-order valence-electron chi connectivity index (χ3n) is 2.14. The van der Waals surface area contributed by atoms with E-state index in [1.807, 2.05) is 6.07 Å². The van der Waals surface area contributed by atoms with Crippen LogP contribution in [0.4, 0.5) is 0 Å². The van der Waals surface area contributed by atoms with Crippen LogP contribution >= 0.6 is 43.2 Å². The third-order valence-corrected chi connectivity index (χ3v) is 5.47. The number of rotatable bonds is 3. The van der Waals surface area contributed by atoms with Crippen LogP contribution in [-0.4, -0.2) is 5.11 Å². The number of thiophene rings is 1. The fourth-order valence-corrected chi connectivity index (χ4v) is 3.22. The average Bonchev–Trinajstić information content (AvgIpc) is 2.44. The van der Waals surface area contributed by atoms with Crippen molar-refractivity contribution in [1.82, 2.24) is 0 Å². The second-order valence-electron chi connectivity index (χ2n) is 3.10. The van der Waals surface area contributed by atoms with Gasteiger partial charge in [0.25, 0.3) is 0 Å². The first kappa shape index (κ1) is 11.7. The second-order valence-corrected chi connectivity index (χ2v) is 6.36. The molecule has 1 heterocycles. The molecule has 0 spiro atoms. The van der Waals surface area contributed by atoms with Gasteiger partial charge in [0.15, 0.2) is 0 Å². The molecule has 1 rings (SSSR count). The van der Waals surface area contributed by atoms with Crippen LogP contribution in [-0.2, 0) is 0 Å². The molecule has 0 bridgehead atoms. The van der Waals surface area contributed by atoms with E-state index in [0.29, 0.717) is 5.92 Å². The molecule has 0 saturated heterocycles. The lowest BCUT2D eigenvalue weighted by Gasteiger charge is -2.14. The minimum absolute atomic E-state index is 0.317. The predicted octanol–water partition coefficient (Wildman–Crippen LogP) is 4.35. The number of halogens is 2. The first-order valence-corrected chi connectivity index (χ1v) is 6.59. The van der Waals surface area contributed by atoms with Crippen LogP contribution in [0.25, 0.3) is 0 Å². The minimum atomic E-state index is -0.336. The lowest BCUT2D eigenvalue weighted by molar-refractivity contribution is 0.119. The summed E-state index contributed by atoms with van der Waals surface area (Å²) in [5.74, 6) is 0.317. The van der Waals surface area contributed by atoms with Gasteiger partial charge in [0.1, 0.15) is 0 Å². The molecule has 0 aliphatic heterocycles. The molecule has 1 N–H and O–H groups in total. The smallest absolute Gasteiger partial charge is 0.0908 e. The molecule has 74 valence electrons. The van der Waals surface area contributed by atoms with Crippen molar-refractivity contribution in [2.45, 2.75) is 26.4 Å². The van der Waals surface area contributed by atoms with Gasteiger partial charge in [-0.15, -0.1) is 11.3 Å². The molecule has 1 nitrogen and oxygen atoms in total. The van der Waals surface area contributed by atoms with Crippen molar-refractivity contribution in [3.63, 3.8) is 0 Å². The van der Waals surface area contributed by atoms with Gasteiger partial charge in [-0.3, -0.25) is 0 Å². The second kappa shape index (κ2) is 4.91. The molecule has 4 heteroatoms. The van der Waals surface area contributed by atoms with Crippen molar-refractivity contribution >= 4 is 43.2 Å². The van der Waals surface area contributed by atoms with E-state index in [4.69, 9.17) is 0 Å². The van der Waals surface area contributed by atoms with E-state index in [1.165, 1.54) is 0 Å². The van der Waals surface area contributed by atoms with E-state index < -0.39 is 0 Å². The topological polar surface area (TPSA) is 20.2 Å². The summed E-state index contributed by atoms with van der Waals surface area (Å²) in [5, 5.41) is 9.90. The van der Waals surface area contributed by atoms with Gasteiger partial charge < -0.3 is 5.11 Å². The summed E-state index contributed by atoms with van der Waals surface area (Å²) in [5.41, 5.74) is 0. The lowest BCUT2D eigenvalue weighted by Crippen LogP contribution is -2.05. The summed E-state index contributed by atoms with van der Waals surface area (Å²) in [6.45, 7) is 4.15. The van der Waals surface area contributed by atoms with Crippen LogP contribution in [0.2, 0.25) is 0 Å². The van der Waals surface area contributed by atoms with Crippen molar-refractivity contribution in [3.05, 3.63) is 19.2 Å². The van der Waals surface area contributed by atoms with Gasteiger partial charge in [0.05, 0.1) is 9.89 Å². The molecule has 0 radical (unpaired) electrons. The Morgan fingerprint density at radius 1 is 1.54 bits per heavy atom. The lowest BCUT2D eigenvalue weighted by atomic mass is 10.0. The van der Waals surface area contributed by atoms with Gasteiger partial charge in [-0.05, 0) is 43.8 Å². The van der Waals surface area contributed by atoms with Gasteiger partial charge in [0, 0.05) is 9.35 Å². The number of aliphatic hydroxyl groups is 1. The maximum absolute atomic E-state index is 9.90. The largest absolute Gasteiger partial charge is 0.387 e. The average molecular weight is 328 g/mol. The van der Waals surface area contributed by atoms with Crippen LogP contribution < -0.4 is 0 Å². The molecule has 2 unspecified atom stereocenters. The van der Waals surface area contributed by atoms with Crippen molar-refractivity contribution in [3.8, 4) is 0 Å². The van der Waals surface area contributed by atoms with E-state index in [1.54, 1.807) is 11.3 Å². The summed E-state index contributed by atoms with van der Waals surface area (Å²) in [7, 11) is 0. The molecule has 13 heavy (non-hydrogen) atoms. The number of hydrogen-bond donors (Lipinski definition) is 1. The van der Waals surface area contributed by atoms with Crippen molar-refractivity contribution in [2.75, 3.05) is 0 Å². The van der Waals surface area contributed by atoms with Crippen LogP contribution in [0.5, 0.6) is 0 Å². The summed E-state index contributed by atoms with van der Waals surface area (Å²) in [6.07, 6.45) is 0.659. The van der Waals surface area contributed by atoms with Crippen LogP contribution in [0.1, 0.15) is 31.2 Å². The highest BCUT2D eigenvalue weighted by Gasteiger charge is 2.17. The normalized spacial score (nSPS) is 15.8. The molecule has 0 amide bonds. The predicted molar refractivity (Wildman–Crippen MR) is 64.1 cm³/mol. The Morgan fingerprint density at radius 2 is 2.15 bits per heavy atom. The van der Waals surface area contributed by atoms with Gasteiger partial charge in [0.2, 0.25) is 0 Å². The van der Waals surface area contributed by atoms with E-state index in [2.05, 4.69) is 45.7 Å². The molecule has 0 saturated carbocycles. The Labute approximate surface area is 99.4 Å². The number of aliphatic hydroxyl groups excluding tert-OH is 1. The van der Waals surface area contributed by atoms with E-state index in [0.717, 1.165) is 19.6 Å². The Balaban J connectivity index is 2.82. The molecule has 0 aromatic carbocycles. The first-order valence-electron chi connectivity index (χ1n) is 4.19. The van der Waals surface area contributed by atoms with E-state index in [9.17, 15) is 5.11 Å². The molecule has 1 aromatic heterocycles. The Kier molecular flexibility index (Phi) is 4.42. The standard InChI is InChI=1S/C9H12Br2OS/c1-3-5(2)8(12)7-4-6(10)9(11)13-7/h4-5,8,12H,3H2,1-2H3. The minimum Gasteiger partial charge on any atom is -0.387 e. The fourth-order valence-electron chi connectivity index (χ4n) is 1.01. The molecule has 0 aliphatic rings. The summed E-state index contributed by atoms with van der Waals surface area (Å²) in [4.78, 5) is 1.02. The van der Waals surface area contributed by atoms with Gasteiger partial charge >= 0.3 is 0 Å². The SMILES string of the molecule is CCC(C)C(O)c1cc(Br)c(Br)s1. The third kappa shape index (κ3) is 2.78. The molecular formula is C9H12Br2OS. The Hall–Kier alpha value is 0.620. The number of hydrogen-bond acceptors (Lipinski definition) is 2. The summed E-state index contributed by atoms with van der Waals surface area (Å²) in [6, 6.07) is 1.98. The van der Waals surface area contributed by atoms with Gasteiger partial charge in [-0.1, -0.05) is 20.3 Å². The van der Waals surface area contributed by atoms with Crippen molar-refractivity contribution < 1.29 is 5.11 Å². The van der Waals surface area contributed by atoms with Crippen LogP contribution in [0.15, 0.2) is 14.3 Å². The van der Waals surface area contributed by atoms with E-state index >= 15 is 0 Å². The quantitative estimate of drug-likeness (QED) is 0.874. The molecule has 2 atom stereocenters. The molecular weight excluding hydrogens is 316 g/mol. The molecule has 0 aliphatic carbocycles. The zero-order valence-electron chi connectivity index (χ0n) is 7.55. The molecule has 1 aromatic rings. The zero-order chi connectivity index (χ0) is 10.0. The molecule has 0 fully saturated rings. The fraction of sp³-hybridized carbons (Fsp3) is 0.556. The van der Waals surface area contributed by atoms with Gasteiger partial charge in [-0.25, -0.2) is 0 Å². The zero-order valence-corrected chi connectivity index (χ0v) is 11.5. The Bertz CT molecular complexity index is 266. The van der Waals surface area contributed by atoms with Crippen molar-refractivity contribution in [1.29, 1.82) is 0 Å². The highest BCUT2D eigenvalue weighted by Crippen LogP contribution is 2.38. The van der Waals surface area contributed by atoms with Crippen LogP contribution in [0.3, 0.4) is 0 Å². The summed E-state index contributed by atoms with van der Waals surface area (Å²) < 4.78 is 2.07. The first-order chi connectivity index (χ1) is 6.06. The maximum Gasteiger partial charge on any atom is 0.0908 e.